The number of nitrogens with zero attached hydrogens (tertiary/aromatic N) is 2. The average Bonchev–Trinajstić information content (AvgIpc) is 3.32. The van der Waals surface area contributed by atoms with Crippen LogP contribution in [-0.2, 0) is 23.1 Å². The van der Waals surface area contributed by atoms with E-state index in [1.807, 2.05) is 18.2 Å². The van der Waals surface area contributed by atoms with Crippen molar-refractivity contribution in [1.82, 2.24) is 14.5 Å². The Bertz CT molecular complexity index is 1060. The quantitative estimate of drug-likeness (QED) is 0.656. The first-order chi connectivity index (χ1) is 15.4. The van der Waals surface area contributed by atoms with Crippen LogP contribution in [0, 0.1) is 0 Å². The number of carbonyl (C=O) groups is 1. The molecule has 0 spiro atoms. The van der Waals surface area contributed by atoms with Gasteiger partial charge in [-0.2, -0.15) is 4.31 Å². The zero-order valence-electron chi connectivity index (χ0n) is 18.2. The summed E-state index contributed by atoms with van der Waals surface area (Å²) in [5.41, 5.74) is 2.44. The largest absolute Gasteiger partial charge is 0.348 e. The van der Waals surface area contributed by atoms with Crippen LogP contribution in [-0.4, -0.2) is 49.7 Å². The summed E-state index contributed by atoms with van der Waals surface area (Å²) in [4.78, 5) is 15.5. The molecule has 172 valence electrons. The van der Waals surface area contributed by atoms with Crippen molar-refractivity contribution in [3.63, 3.8) is 0 Å². The molecule has 0 bridgehead atoms. The molecule has 0 saturated carbocycles. The van der Waals surface area contributed by atoms with Crippen LogP contribution < -0.4 is 5.32 Å². The Morgan fingerprint density at radius 2 is 1.56 bits per heavy atom. The van der Waals surface area contributed by atoms with Crippen LogP contribution in [0.5, 0.6) is 0 Å². The molecule has 0 aliphatic carbocycles. The highest BCUT2D eigenvalue weighted by Gasteiger charge is 2.27. The molecule has 6 nitrogen and oxygen atoms in total. The van der Waals surface area contributed by atoms with Crippen LogP contribution in [0.15, 0.2) is 47.4 Å². The van der Waals surface area contributed by atoms with E-state index in [-0.39, 0.29) is 21.4 Å². The van der Waals surface area contributed by atoms with Crippen LogP contribution in [0.4, 0.5) is 0 Å². The van der Waals surface area contributed by atoms with Gasteiger partial charge in [0.2, 0.25) is 10.0 Å². The maximum absolute atomic E-state index is 13.0. The second-order valence-electron chi connectivity index (χ2n) is 8.54. The van der Waals surface area contributed by atoms with Gasteiger partial charge in [-0.1, -0.05) is 42.3 Å². The minimum atomic E-state index is -3.63. The molecule has 2 aromatic carbocycles. The normalized spacial score (nSPS) is 18.0. The van der Waals surface area contributed by atoms with E-state index >= 15 is 0 Å². The molecule has 2 aliphatic heterocycles. The number of likely N-dealkylation sites (tertiary alicyclic amines) is 1. The second-order valence-corrected chi connectivity index (χ2v) is 10.9. The molecule has 32 heavy (non-hydrogen) atoms. The number of nitrogens with one attached hydrogen (secondary N) is 1. The number of hydrogen-bond acceptors (Lipinski definition) is 4. The lowest BCUT2D eigenvalue weighted by Gasteiger charge is -2.26. The summed E-state index contributed by atoms with van der Waals surface area (Å²) in [5, 5.41) is 3.17. The molecule has 8 heteroatoms. The molecule has 2 aliphatic rings. The Balaban J connectivity index is 1.48. The van der Waals surface area contributed by atoms with Crippen molar-refractivity contribution >= 4 is 27.5 Å². The number of piperidine rings is 1. The van der Waals surface area contributed by atoms with E-state index in [9.17, 15) is 13.2 Å². The smallest absolute Gasteiger partial charge is 0.253 e. The standard InChI is InChI=1S/C24H30ClN3O3S/c25-23-11-10-21(32(30,31)28-14-4-1-5-15-28)16-22(23)24(29)26-17-19-8-2-3-9-20(19)18-27-12-6-7-13-27/h2-3,8-11,16H,1,4-7,12-15,17-18H2,(H,26,29). The summed E-state index contributed by atoms with van der Waals surface area (Å²) in [6.07, 6.45) is 5.22. The molecule has 1 N–H and O–H groups in total. The van der Waals surface area contributed by atoms with Gasteiger partial charge in [-0.15, -0.1) is 0 Å². The number of benzene rings is 2. The summed E-state index contributed by atoms with van der Waals surface area (Å²) in [5.74, 6) is -0.373. The Morgan fingerprint density at radius 3 is 2.28 bits per heavy atom. The Hall–Kier alpha value is -1.93. The lowest BCUT2D eigenvalue weighted by Crippen LogP contribution is -2.35. The van der Waals surface area contributed by atoms with E-state index in [0.29, 0.717) is 19.6 Å². The Morgan fingerprint density at radius 1 is 0.906 bits per heavy atom. The SMILES string of the molecule is O=C(NCc1ccccc1CN1CCCC1)c1cc(S(=O)(=O)N2CCCCC2)ccc1Cl. The van der Waals surface area contributed by atoms with Gasteiger partial charge >= 0.3 is 0 Å². The number of sulfonamides is 1. The first-order valence-electron chi connectivity index (χ1n) is 11.3. The van der Waals surface area contributed by atoms with E-state index in [0.717, 1.165) is 44.5 Å². The third-order valence-electron chi connectivity index (χ3n) is 6.29. The molecule has 0 atom stereocenters. The van der Waals surface area contributed by atoms with Crippen LogP contribution in [0.2, 0.25) is 5.02 Å². The minimum absolute atomic E-state index is 0.114. The second kappa shape index (κ2) is 10.3. The molecule has 0 aromatic heterocycles. The highest BCUT2D eigenvalue weighted by molar-refractivity contribution is 7.89. The van der Waals surface area contributed by atoms with Gasteiger partial charge in [-0.3, -0.25) is 9.69 Å². The van der Waals surface area contributed by atoms with Crippen LogP contribution in [0.25, 0.3) is 0 Å². The zero-order valence-corrected chi connectivity index (χ0v) is 19.8. The number of rotatable bonds is 7. The third-order valence-corrected chi connectivity index (χ3v) is 8.51. The Labute approximate surface area is 195 Å². The third kappa shape index (κ3) is 5.34. The van der Waals surface area contributed by atoms with E-state index in [4.69, 9.17) is 11.6 Å². The van der Waals surface area contributed by atoms with Gasteiger partial charge < -0.3 is 5.32 Å². The van der Waals surface area contributed by atoms with E-state index < -0.39 is 10.0 Å². The fourth-order valence-corrected chi connectivity index (χ4v) is 6.18. The molecule has 2 fully saturated rings. The average molecular weight is 476 g/mol. The summed E-state index contributed by atoms with van der Waals surface area (Å²) in [7, 11) is -3.63. The fraction of sp³-hybridized carbons (Fsp3) is 0.458. The summed E-state index contributed by atoms with van der Waals surface area (Å²) in [6.45, 7) is 4.47. The minimum Gasteiger partial charge on any atom is -0.348 e. The molecule has 2 saturated heterocycles. The van der Waals surface area contributed by atoms with Crippen molar-refractivity contribution in [3.05, 3.63) is 64.2 Å². The van der Waals surface area contributed by atoms with Gasteiger partial charge in [-0.25, -0.2) is 8.42 Å². The van der Waals surface area contributed by atoms with Crippen molar-refractivity contribution in [2.45, 2.75) is 50.1 Å². The van der Waals surface area contributed by atoms with E-state index in [1.165, 1.54) is 40.9 Å². The number of hydrogen-bond donors (Lipinski definition) is 1. The van der Waals surface area contributed by atoms with E-state index in [2.05, 4.69) is 16.3 Å². The maximum Gasteiger partial charge on any atom is 0.253 e. The predicted octanol–water partition coefficient (Wildman–Crippen LogP) is 4.04. The van der Waals surface area contributed by atoms with E-state index in [1.54, 1.807) is 0 Å². The van der Waals surface area contributed by atoms with Crippen molar-refractivity contribution < 1.29 is 13.2 Å². The maximum atomic E-state index is 13.0. The molecule has 1 amide bonds. The molecule has 0 radical (unpaired) electrons. The molecule has 4 rings (SSSR count). The zero-order chi connectivity index (χ0) is 22.6. The summed E-state index contributed by atoms with van der Waals surface area (Å²) < 4.78 is 27.5. The number of amides is 1. The monoisotopic (exact) mass is 475 g/mol. The highest BCUT2D eigenvalue weighted by atomic mass is 35.5. The van der Waals surface area contributed by atoms with Gasteiger partial charge in [0.15, 0.2) is 0 Å². The van der Waals surface area contributed by atoms with Crippen molar-refractivity contribution in [3.8, 4) is 0 Å². The molecule has 0 unspecified atom stereocenters. The van der Waals surface area contributed by atoms with Gasteiger partial charge in [0.05, 0.1) is 15.5 Å². The first-order valence-corrected chi connectivity index (χ1v) is 13.1. The summed E-state index contributed by atoms with van der Waals surface area (Å²) in [6, 6.07) is 12.5. The van der Waals surface area contributed by atoms with Crippen LogP contribution >= 0.6 is 11.6 Å². The van der Waals surface area contributed by atoms with Gasteiger partial charge in [0, 0.05) is 26.2 Å². The fourth-order valence-electron chi connectivity index (χ4n) is 4.43. The topological polar surface area (TPSA) is 69.7 Å². The molecular formula is C24H30ClN3O3S. The van der Waals surface area contributed by atoms with Gasteiger partial charge in [0.25, 0.3) is 5.91 Å². The Kier molecular flexibility index (Phi) is 7.51. The highest BCUT2D eigenvalue weighted by Crippen LogP contribution is 2.25. The molecule has 2 aromatic rings. The predicted molar refractivity (Wildman–Crippen MR) is 126 cm³/mol. The lowest BCUT2D eigenvalue weighted by atomic mass is 10.1. The van der Waals surface area contributed by atoms with Crippen molar-refractivity contribution in [2.24, 2.45) is 0 Å². The first kappa shape index (κ1) is 23.2. The van der Waals surface area contributed by atoms with Gasteiger partial charge in [0.1, 0.15) is 0 Å². The number of halogens is 1. The van der Waals surface area contributed by atoms with Crippen LogP contribution in [0.1, 0.15) is 53.6 Å². The van der Waals surface area contributed by atoms with Crippen molar-refractivity contribution in [2.75, 3.05) is 26.2 Å². The van der Waals surface area contributed by atoms with Gasteiger partial charge in [-0.05, 0) is 68.1 Å². The van der Waals surface area contributed by atoms with Crippen LogP contribution in [0.3, 0.4) is 0 Å². The molecule has 2 heterocycles. The number of carbonyl (C=O) groups excluding carboxylic acids is 1. The summed E-state index contributed by atoms with van der Waals surface area (Å²) >= 11 is 6.28. The van der Waals surface area contributed by atoms with Crippen molar-refractivity contribution in [1.29, 1.82) is 0 Å². The molecular weight excluding hydrogens is 446 g/mol. The lowest BCUT2D eigenvalue weighted by molar-refractivity contribution is 0.0950.